The van der Waals surface area contributed by atoms with Crippen LogP contribution >= 0.6 is 27.3 Å². The number of carbonyl (C=O) groups is 1. The van der Waals surface area contributed by atoms with Crippen molar-refractivity contribution in [1.82, 2.24) is 5.32 Å². The van der Waals surface area contributed by atoms with Crippen LogP contribution in [0.4, 0.5) is 5.69 Å². The summed E-state index contributed by atoms with van der Waals surface area (Å²) in [5, 5.41) is 3.72. The lowest BCUT2D eigenvalue weighted by molar-refractivity contribution is 0.0286. The first kappa shape index (κ1) is 16.2. The van der Waals surface area contributed by atoms with Crippen LogP contribution in [-0.2, 0) is 9.47 Å². The van der Waals surface area contributed by atoms with Gasteiger partial charge < -0.3 is 20.5 Å². The number of hydrogen-bond acceptors (Lipinski definition) is 5. The molecular weight excluding hydrogens is 356 g/mol. The van der Waals surface area contributed by atoms with Crippen molar-refractivity contribution in [1.29, 1.82) is 0 Å². The SMILES string of the molecule is COCC(CNC(=O)c1sc2cc(Br)ccc2c1N)OC. The zero-order valence-corrected chi connectivity index (χ0v) is 14.2. The van der Waals surface area contributed by atoms with Gasteiger partial charge in [0.25, 0.3) is 5.91 Å². The van der Waals surface area contributed by atoms with Gasteiger partial charge in [-0.2, -0.15) is 0 Å². The van der Waals surface area contributed by atoms with Crippen LogP contribution in [0.3, 0.4) is 0 Å². The average Bonchev–Trinajstić information content (AvgIpc) is 2.79. The van der Waals surface area contributed by atoms with E-state index in [1.165, 1.54) is 11.3 Å². The second-order valence-corrected chi connectivity index (χ2v) is 6.48. The second-order valence-electron chi connectivity index (χ2n) is 4.51. The molecule has 1 unspecified atom stereocenters. The number of benzene rings is 1. The summed E-state index contributed by atoms with van der Waals surface area (Å²) in [6.07, 6.45) is -0.177. The molecule has 114 valence electrons. The zero-order chi connectivity index (χ0) is 15.4. The van der Waals surface area contributed by atoms with E-state index in [-0.39, 0.29) is 12.0 Å². The molecule has 21 heavy (non-hydrogen) atoms. The number of nitrogens with one attached hydrogen (secondary N) is 1. The molecule has 0 bridgehead atoms. The smallest absolute Gasteiger partial charge is 0.263 e. The van der Waals surface area contributed by atoms with Crippen LogP contribution in [0.25, 0.3) is 10.1 Å². The van der Waals surface area contributed by atoms with Gasteiger partial charge >= 0.3 is 0 Å². The number of rotatable bonds is 6. The van der Waals surface area contributed by atoms with Gasteiger partial charge in [-0.05, 0) is 12.1 Å². The fourth-order valence-corrected chi connectivity index (χ4v) is 3.53. The minimum Gasteiger partial charge on any atom is -0.397 e. The van der Waals surface area contributed by atoms with E-state index in [1.54, 1.807) is 14.2 Å². The van der Waals surface area contributed by atoms with Crippen LogP contribution in [0.2, 0.25) is 0 Å². The van der Waals surface area contributed by atoms with Crippen molar-refractivity contribution in [3.63, 3.8) is 0 Å². The molecule has 0 spiro atoms. The van der Waals surface area contributed by atoms with Crippen LogP contribution in [0.1, 0.15) is 9.67 Å². The predicted octanol–water partition coefficient (Wildman–Crippen LogP) is 2.64. The van der Waals surface area contributed by atoms with E-state index >= 15 is 0 Å². The van der Waals surface area contributed by atoms with Crippen molar-refractivity contribution in [3.8, 4) is 0 Å². The van der Waals surface area contributed by atoms with Gasteiger partial charge in [-0.15, -0.1) is 11.3 Å². The molecule has 2 aromatic rings. The Morgan fingerprint density at radius 3 is 2.90 bits per heavy atom. The van der Waals surface area contributed by atoms with Crippen LogP contribution in [0, 0.1) is 0 Å². The minimum absolute atomic E-state index is 0.177. The Bertz CT molecular complexity index is 644. The first-order valence-corrected chi connectivity index (χ1v) is 7.95. The van der Waals surface area contributed by atoms with Gasteiger partial charge in [0.05, 0.1) is 18.4 Å². The monoisotopic (exact) mass is 372 g/mol. The molecule has 0 fully saturated rings. The van der Waals surface area contributed by atoms with E-state index < -0.39 is 0 Å². The lowest BCUT2D eigenvalue weighted by Gasteiger charge is -2.14. The highest BCUT2D eigenvalue weighted by atomic mass is 79.9. The Kier molecular flexibility index (Phi) is 5.58. The molecule has 1 aromatic heterocycles. The lowest BCUT2D eigenvalue weighted by atomic mass is 10.2. The van der Waals surface area contributed by atoms with Crippen molar-refractivity contribution < 1.29 is 14.3 Å². The third-order valence-corrected chi connectivity index (χ3v) is 4.73. The number of carbonyl (C=O) groups excluding carboxylic acids is 1. The van der Waals surface area contributed by atoms with Gasteiger partial charge in [-0.25, -0.2) is 0 Å². The fourth-order valence-electron chi connectivity index (χ4n) is 1.94. The third-order valence-electron chi connectivity index (χ3n) is 3.07. The maximum absolute atomic E-state index is 12.3. The highest BCUT2D eigenvalue weighted by Gasteiger charge is 2.17. The molecular formula is C14H17BrN2O3S. The molecule has 2 rings (SSSR count). The molecule has 5 nitrogen and oxygen atoms in total. The number of amides is 1. The van der Waals surface area contributed by atoms with E-state index in [1.807, 2.05) is 18.2 Å². The maximum Gasteiger partial charge on any atom is 0.263 e. The van der Waals surface area contributed by atoms with Crippen LogP contribution < -0.4 is 11.1 Å². The van der Waals surface area contributed by atoms with E-state index in [2.05, 4.69) is 21.2 Å². The molecule has 1 amide bonds. The number of hydrogen-bond donors (Lipinski definition) is 2. The Balaban J connectivity index is 2.14. The van der Waals surface area contributed by atoms with E-state index in [0.29, 0.717) is 23.7 Å². The maximum atomic E-state index is 12.3. The van der Waals surface area contributed by atoms with Gasteiger partial charge in [-0.1, -0.05) is 22.0 Å². The zero-order valence-electron chi connectivity index (χ0n) is 11.8. The van der Waals surface area contributed by atoms with Gasteiger partial charge in [0, 0.05) is 35.3 Å². The third kappa shape index (κ3) is 3.74. The standard InChI is InChI=1S/C14H17BrN2O3S/c1-19-7-9(20-2)6-17-14(18)13-12(16)10-4-3-8(15)5-11(10)21-13/h3-5,9H,6-7,16H2,1-2H3,(H,17,18). The topological polar surface area (TPSA) is 73.6 Å². The first-order chi connectivity index (χ1) is 10.1. The summed E-state index contributed by atoms with van der Waals surface area (Å²) in [6.45, 7) is 0.798. The van der Waals surface area contributed by atoms with Crippen molar-refractivity contribution in [3.05, 3.63) is 27.5 Å². The molecule has 1 heterocycles. The normalized spacial score (nSPS) is 12.5. The highest BCUT2D eigenvalue weighted by molar-refractivity contribution is 9.10. The summed E-state index contributed by atoms with van der Waals surface area (Å²) < 4.78 is 12.2. The highest BCUT2D eigenvalue weighted by Crippen LogP contribution is 2.35. The Labute approximate surface area is 135 Å². The molecule has 0 radical (unpaired) electrons. The first-order valence-electron chi connectivity index (χ1n) is 6.34. The summed E-state index contributed by atoms with van der Waals surface area (Å²) in [4.78, 5) is 12.8. The van der Waals surface area contributed by atoms with E-state index in [0.717, 1.165) is 14.6 Å². The Morgan fingerprint density at radius 1 is 1.48 bits per heavy atom. The molecule has 0 aliphatic carbocycles. The summed E-state index contributed by atoms with van der Waals surface area (Å²) in [5.74, 6) is -0.192. The number of nitrogen functional groups attached to an aromatic ring is 1. The second kappa shape index (κ2) is 7.22. The van der Waals surface area contributed by atoms with Crippen molar-refractivity contribution in [2.45, 2.75) is 6.10 Å². The van der Waals surface area contributed by atoms with E-state index in [4.69, 9.17) is 15.2 Å². The number of methoxy groups -OCH3 is 2. The number of thiophene rings is 1. The Hall–Kier alpha value is -1.15. The predicted molar refractivity (Wildman–Crippen MR) is 88.9 cm³/mol. The largest absolute Gasteiger partial charge is 0.397 e. The summed E-state index contributed by atoms with van der Waals surface area (Å²) >= 11 is 4.79. The van der Waals surface area contributed by atoms with Crippen LogP contribution in [-0.4, -0.2) is 39.4 Å². The van der Waals surface area contributed by atoms with Gasteiger partial charge in [-0.3, -0.25) is 4.79 Å². The molecule has 1 aromatic carbocycles. The molecule has 7 heteroatoms. The average molecular weight is 373 g/mol. The van der Waals surface area contributed by atoms with Gasteiger partial charge in [0.15, 0.2) is 0 Å². The molecule has 0 aliphatic rings. The summed E-state index contributed by atoms with van der Waals surface area (Å²) in [6, 6.07) is 5.77. The molecule has 0 saturated carbocycles. The number of ether oxygens (including phenoxy) is 2. The van der Waals surface area contributed by atoms with Gasteiger partial charge in [0.1, 0.15) is 4.88 Å². The molecule has 0 aliphatic heterocycles. The van der Waals surface area contributed by atoms with Crippen molar-refractivity contribution >= 4 is 48.9 Å². The molecule has 1 atom stereocenters. The lowest BCUT2D eigenvalue weighted by Crippen LogP contribution is -2.35. The fraction of sp³-hybridized carbons (Fsp3) is 0.357. The number of halogens is 1. The van der Waals surface area contributed by atoms with Crippen LogP contribution in [0.5, 0.6) is 0 Å². The number of nitrogens with two attached hydrogens (primary N) is 1. The van der Waals surface area contributed by atoms with Crippen molar-refractivity contribution in [2.75, 3.05) is 33.1 Å². The minimum atomic E-state index is -0.192. The van der Waals surface area contributed by atoms with E-state index in [9.17, 15) is 4.79 Å². The Morgan fingerprint density at radius 2 is 2.24 bits per heavy atom. The van der Waals surface area contributed by atoms with Crippen LogP contribution in [0.15, 0.2) is 22.7 Å². The number of fused-ring (bicyclic) bond motifs is 1. The summed E-state index contributed by atoms with van der Waals surface area (Å²) in [7, 11) is 3.18. The number of anilines is 1. The van der Waals surface area contributed by atoms with Gasteiger partial charge in [0.2, 0.25) is 0 Å². The summed E-state index contributed by atoms with van der Waals surface area (Å²) in [5.41, 5.74) is 6.58. The molecule has 3 N–H and O–H groups in total. The van der Waals surface area contributed by atoms with Crippen molar-refractivity contribution in [2.24, 2.45) is 0 Å². The molecule has 0 saturated heterocycles. The quantitative estimate of drug-likeness (QED) is 0.817.